The first kappa shape index (κ1) is 21.1. The van der Waals surface area contributed by atoms with Gasteiger partial charge >= 0.3 is 0 Å². The first-order chi connectivity index (χ1) is 13.2. The van der Waals surface area contributed by atoms with Crippen LogP contribution in [0.2, 0.25) is 0 Å². The molecule has 4 rings (SSSR count). The van der Waals surface area contributed by atoms with E-state index in [0.29, 0.717) is 11.8 Å². The van der Waals surface area contributed by atoms with Crippen molar-refractivity contribution in [2.75, 3.05) is 37.6 Å². The number of para-hydroxylation sites is 1. The Balaban J connectivity index is 0.00000225. The maximum absolute atomic E-state index is 13.3. The zero-order valence-electron chi connectivity index (χ0n) is 16.1. The number of fused-ring (bicyclic) bond motifs is 1. The van der Waals surface area contributed by atoms with E-state index in [4.69, 9.17) is 0 Å². The number of aromatic nitrogens is 1. The smallest absolute Gasteiger partial charge is 0.241 e. The lowest BCUT2D eigenvalue weighted by Gasteiger charge is -2.37. The van der Waals surface area contributed by atoms with Crippen LogP contribution in [0.1, 0.15) is 24.9 Å². The summed E-state index contributed by atoms with van der Waals surface area (Å²) in [5.41, 5.74) is 2.22. The SMILES string of the molecule is CC1CCN(C(=O)CN2CCNCC2c2cccnc2)c2ccccc2S1.Cl. The van der Waals surface area contributed by atoms with Crippen molar-refractivity contribution < 1.29 is 4.79 Å². The number of rotatable bonds is 3. The molecule has 0 bridgehead atoms. The summed E-state index contributed by atoms with van der Waals surface area (Å²) in [5.74, 6) is 0.188. The average Bonchev–Trinajstić information content (AvgIpc) is 2.87. The summed E-state index contributed by atoms with van der Waals surface area (Å²) in [6.07, 6.45) is 4.72. The molecule has 2 aliphatic heterocycles. The van der Waals surface area contributed by atoms with Gasteiger partial charge in [-0.2, -0.15) is 0 Å². The van der Waals surface area contributed by atoms with Crippen LogP contribution in [0.3, 0.4) is 0 Å². The summed E-state index contributed by atoms with van der Waals surface area (Å²) in [4.78, 5) is 23.1. The number of halogens is 1. The number of pyridine rings is 1. The number of nitrogens with one attached hydrogen (secondary N) is 1. The number of hydrogen-bond donors (Lipinski definition) is 1. The lowest BCUT2D eigenvalue weighted by Crippen LogP contribution is -2.50. The van der Waals surface area contributed by atoms with Crippen molar-refractivity contribution in [1.82, 2.24) is 15.2 Å². The minimum atomic E-state index is 0. The van der Waals surface area contributed by atoms with Gasteiger partial charge in [0.1, 0.15) is 0 Å². The van der Waals surface area contributed by atoms with Crippen molar-refractivity contribution >= 4 is 35.8 Å². The molecule has 5 nitrogen and oxygen atoms in total. The second-order valence-electron chi connectivity index (χ2n) is 7.21. The van der Waals surface area contributed by atoms with Gasteiger partial charge in [-0.3, -0.25) is 14.7 Å². The van der Waals surface area contributed by atoms with Crippen molar-refractivity contribution in [3.05, 3.63) is 54.4 Å². The number of nitrogens with zero attached hydrogens (tertiary/aromatic N) is 3. The van der Waals surface area contributed by atoms with Gasteiger partial charge in [0.2, 0.25) is 5.91 Å². The van der Waals surface area contributed by atoms with E-state index in [0.717, 1.165) is 43.9 Å². The Labute approximate surface area is 177 Å². The molecule has 2 atom stereocenters. The Morgan fingerprint density at radius 2 is 2.11 bits per heavy atom. The van der Waals surface area contributed by atoms with Crippen molar-refractivity contribution in [2.45, 2.75) is 29.5 Å². The maximum Gasteiger partial charge on any atom is 0.241 e. The van der Waals surface area contributed by atoms with E-state index in [2.05, 4.69) is 46.4 Å². The van der Waals surface area contributed by atoms with Gasteiger partial charge in [-0.15, -0.1) is 24.2 Å². The molecule has 2 aliphatic rings. The summed E-state index contributed by atoms with van der Waals surface area (Å²) < 4.78 is 0. The molecule has 2 unspecified atom stereocenters. The lowest BCUT2D eigenvalue weighted by atomic mass is 10.1. The third-order valence-electron chi connectivity index (χ3n) is 5.31. The van der Waals surface area contributed by atoms with Crippen LogP contribution < -0.4 is 10.2 Å². The van der Waals surface area contributed by atoms with Crippen molar-refractivity contribution in [2.24, 2.45) is 0 Å². The molecule has 0 spiro atoms. The van der Waals surface area contributed by atoms with Crippen LogP contribution in [-0.2, 0) is 4.79 Å². The molecule has 7 heteroatoms. The van der Waals surface area contributed by atoms with E-state index in [1.807, 2.05) is 35.0 Å². The molecule has 1 aromatic heterocycles. The Kier molecular flexibility index (Phi) is 7.35. The average molecular weight is 419 g/mol. The third kappa shape index (κ3) is 4.69. The van der Waals surface area contributed by atoms with Crippen molar-refractivity contribution in [3.63, 3.8) is 0 Å². The van der Waals surface area contributed by atoms with E-state index in [1.54, 1.807) is 6.20 Å². The molecule has 3 heterocycles. The quantitative estimate of drug-likeness (QED) is 0.828. The molecule has 1 N–H and O–H groups in total. The van der Waals surface area contributed by atoms with Crippen LogP contribution in [-0.4, -0.2) is 53.8 Å². The van der Waals surface area contributed by atoms with Crippen LogP contribution in [0.4, 0.5) is 5.69 Å². The number of piperazine rings is 1. The van der Waals surface area contributed by atoms with Crippen LogP contribution in [0, 0.1) is 0 Å². The topological polar surface area (TPSA) is 48.5 Å². The highest BCUT2D eigenvalue weighted by atomic mass is 35.5. The van der Waals surface area contributed by atoms with Crippen molar-refractivity contribution in [1.29, 1.82) is 0 Å². The number of carbonyl (C=O) groups is 1. The van der Waals surface area contributed by atoms with Crippen LogP contribution in [0.15, 0.2) is 53.7 Å². The zero-order chi connectivity index (χ0) is 18.6. The first-order valence-corrected chi connectivity index (χ1v) is 10.5. The summed E-state index contributed by atoms with van der Waals surface area (Å²) >= 11 is 1.87. The Bertz CT molecular complexity index is 791. The number of benzene rings is 1. The summed E-state index contributed by atoms with van der Waals surface area (Å²) in [7, 11) is 0. The monoisotopic (exact) mass is 418 g/mol. The van der Waals surface area contributed by atoms with E-state index < -0.39 is 0 Å². The van der Waals surface area contributed by atoms with Crippen LogP contribution in [0.25, 0.3) is 0 Å². The molecule has 1 saturated heterocycles. The highest BCUT2D eigenvalue weighted by Crippen LogP contribution is 2.37. The summed E-state index contributed by atoms with van der Waals surface area (Å²) in [6.45, 7) is 6.09. The standard InChI is InChI=1S/C21H26N4OS.ClH/c1-16-8-11-25(18-6-2-3-7-20(18)27-16)21(26)15-24-12-10-23-14-19(24)17-5-4-9-22-13-17;/h2-7,9,13,16,19,23H,8,10-12,14-15H2,1H3;1H. The van der Waals surface area contributed by atoms with Gasteiger partial charge in [0, 0.05) is 54.8 Å². The lowest BCUT2D eigenvalue weighted by molar-refractivity contribution is -0.120. The fraction of sp³-hybridized carbons (Fsp3) is 0.429. The zero-order valence-corrected chi connectivity index (χ0v) is 17.7. The highest BCUT2D eigenvalue weighted by molar-refractivity contribution is 8.00. The predicted octanol–water partition coefficient (Wildman–Crippen LogP) is 3.37. The molecule has 0 aliphatic carbocycles. The second-order valence-corrected chi connectivity index (χ2v) is 8.69. The van der Waals surface area contributed by atoms with E-state index in [9.17, 15) is 4.79 Å². The van der Waals surface area contributed by atoms with Gasteiger partial charge < -0.3 is 10.2 Å². The summed E-state index contributed by atoms with van der Waals surface area (Å²) in [6, 6.07) is 12.5. The molecule has 2 aromatic rings. The predicted molar refractivity (Wildman–Crippen MR) is 117 cm³/mol. The van der Waals surface area contributed by atoms with Gasteiger partial charge in [0.25, 0.3) is 0 Å². The van der Waals surface area contributed by atoms with Crippen molar-refractivity contribution in [3.8, 4) is 0 Å². The Hall–Kier alpha value is -1.60. The van der Waals surface area contributed by atoms with Gasteiger partial charge in [-0.1, -0.05) is 25.1 Å². The molecular weight excluding hydrogens is 392 g/mol. The highest BCUT2D eigenvalue weighted by Gasteiger charge is 2.29. The molecule has 1 fully saturated rings. The number of amides is 1. The van der Waals surface area contributed by atoms with Gasteiger partial charge in [0.05, 0.1) is 12.2 Å². The van der Waals surface area contributed by atoms with Gasteiger partial charge in [-0.05, 0) is 30.2 Å². The van der Waals surface area contributed by atoms with Crippen LogP contribution >= 0.6 is 24.2 Å². The molecular formula is C21H27ClN4OS. The largest absolute Gasteiger partial charge is 0.314 e. The molecule has 1 aromatic carbocycles. The molecule has 0 saturated carbocycles. The maximum atomic E-state index is 13.3. The number of thioether (sulfide) groups is 1. The Morgan fingerprint density at radius 1 is 1.25 bits per heavy atom. The molecule has 1 amide bonds. The number of hydrogen-bond acceptors (Lipinski definition) is 5. The Morgan fingerprint density at radius 3 is 2.93 bits per heavy atom. The van der Waals surface area contributed by atoms with E-state index in [-0.39, 0.29) is 24.4 Å². The third-order valence-corrected chi connectivity index (χ3v) is 6.54. The van der Waals surface area contributed by atoms with E-state index >= 15 is 0 Å². The number of anilines is 1. The summed E-state index contributed by atoms with van der Waals surface area (Å²) in [5, 5.41) is 3.97. The van der Waals surface area contributed by atoms with Crippen LogP contribution in [0.5, 0.6) is 0 Å². The second kappa shape index (κ2) is 9.74. The normalized spacial score (nSPS) is 22.7. The number of carbonyl (C=O) groups excluding carboxylic acids is 1. The molecule has 0 radical (unpaired) electrons. The fourth-order valence-corrected chi connectivity index (χ4v) is 4.96. The fourth-order valence-electron chi connectivity index (χ4n) is 3.84. The molecule has 28 heavy (non-hydrogen) atoms. The molecule has 150 valence electrons. The van der Waals surface area contributed by atoms with Gasteiger partial charge in [-0.25, -0.2) is 0 Å². The minimum absolute atomic E-state index is 0. The van der Waals surface area contributed by atoms with E-state index in [1.165, 1.54) is 4.90 Å². The first-order valence-electron chi connectivity index (χ1n) is 9.63. The minimum Gasteiger partial charge on any atom is -0.314 e. The van der Waals surface area contributed by atoms with Gasteiger partial charge in [0.15, 0.2) is 0 Å².